The highest BCUT2D eigenvalue weighted by Gasteiger charge is 2.38. The number of hydrogen-bond donors (Lipinski definition) is 0. The van der Waals surface area contributed by atoms with E-state index in [1.165, 1.54) is 11.1 Å². The van der Waals surface area contributed by atoms with Crippen LogP contribution in [0.15, 0.2) is 48.6 Å². The van der Waals surface area contributed by atoms with E-state index in [-0.39, 0.29) is 34.7 Å². The van der Waals surface area contributed by atoms with Crippen LogP contribution in [0.2, 0.25) is 0 Å². The highest BCUT2D eigenvalue weighted by atomic mass is 16.1. The lowest BCUT2D eigenvalue weighted by atomic mass is 9.65. The van der Waals surface area contributed by atoms with E-state index in [4.69, 9.17) is 0 Å². The minimum absolute atomic E-state index is 0.0132. The molecular weight excluding hydrogens is 344 g/mol. The van der Waals surface area contributed by atoms with Crippen LogP contribution < -0.4 is 0 Å². The standard InChI is InChI=1S/C26H36O2/c1-18(2)22-14-12-21(13-15-22)17-20(4)23(27)10-7-11-24(28)25-19(3)9-8-16-26(25,5)6/h7-9,11-15,18-20,25H,10,16-17H2,1-6H3/b11-7+. The minimum atomic E-state index is -0.0439. The van der Waals surface area contributed by atoms with Gasteiger partial charge in [-0.2, -0.15) is 0 Å². The summed E-state index contributed by atoms with van der Waals surface area (Å²) in [6.45, 7) is 12.7. The molecule has 2 heteroatoms. The van der Waals surface area contributed by atoms with Gasteiger partial charge >= 0.3 is 0 Å². The lowest BCUT2D eigenvalue weighted by Gasteiger charge is -2.38. The minimum Gasteiger partial charge on any atom is -0.299 e. The summed E-state index contributed by atoms with van der Waals surface area (Å²) in [6.07, 6.45) is 9.72. The van der Waals surface area contributed by atoms with E-state index < -0.39 is 0 Å². The molecule has 0 saturated carbocycles. The van der Waals surface area contributed by atoms with Gasteiger partial charge in [-0.05, 0) is 47.3 Å². The molecule has 1 aromatic carbocycles. The topological polar surface area (TPSA) is 34.1 Å². The molecule has 0 N–H and O–H groups in total. The van der Waals surface area contributed by atoms with Crippen molar-refractivity contribution in [2.45, 2.75) is 66.7 Å². The average molecular weight is 381 g/mol. The maximum atomic E-state index is 12.7. The fourth-order valence-corrected chi connectivity index (χ4v) is 4.28. The van der Waals surface area contributed by atoms with Gasteiger partial charge in [0.05, 0.1) is 0 Å². The van der Waals surface area contributed by atoms with Crippen molar-refractivity contribution in [1.82, 2.24) is 0 Å². The van der Waals surface area contributed by atoms with Gasteiger partial charge in [-0.15, -0.1) is 0 Å². The van der Waals surface area contributed by atoms with E-state index in [2.05, 4.69) is 71.0 Å². The largest absolute Gasteiger partial charge is 0.299 e. The number of rotatable bonds is 8. The van der Waals surface area contributed by atoms with Gasteiger partial charge in [0.15, 0.2) is 5.78 Å². The Morgan fingerprint density at radius 2 is 1.79 bits per heavy atom. The van der Waals surface area contributed by atoms with E-state index in [0.29, 0.717) is 12.3 Å². The molecule has 0 fully saturated rings. The Bertz CT molecular complexity index is 734. The van der Waals surface area contributed by atoms with Crippen molar-refractivity contribution in [2.24, 2.45) is 23.2 Å². The maximum Gasteiger partial charge on any atom is 0.159 e. The van der Waals surface area contributed by atoms with Crippen molar-refractivity contribution >= 4 is 11.6 Å². The lowest BCUT2D eigenvalue weighted by Crippen LogP contribution is -2.36. The highest BCUT2D eigenvalue weighted by molar-refractivity contribution is 5.93. The van der Waals surface area contributed by atoms with Gasteiger partial charge < -0.3 is 0 Å². The molecule has 3 atom stereocenters. The molecular formula is C26H36O2. The van der Waals surface area contributed by atoms with Gasteiger partial charge in [-0.3, -0.25) is 9.59 Å². The average Bonchev–Trinajstić information content (AvgIpc) is 2.61. The predicted octanol–water partition coefficient (Wildman–Crippen LogP) is 6.31. The van der Waals surface area contributed by atoms with E-state index in [1.807, 2.05) is 6.92 Å². The third kappa shape index (κ3) is 5.77. The fourth-order valence-electron chi connectivity index (χ4n) is 4.28. The van der Waals surface area contributed by atoms with Crippen molar-refractivity contribution in [3.8, 4) is 0 Å². The van der Waals surface area contributed by atoms with Crippen LogP contribution in [0.5, 0.6) is 0 Å². The zero-order chi connectivity index (χ0) is 20.9. The normalized spacial score (nSPS) is 22.5. The second-order valence-corrected chi connectivity index (χ2v) is 9.43. The molecule has 0 amide bonds. The Labute approximate surface area is 171 Å². The second-order valence-electron chi connectivity index (χ2n) is 9.43. The number of carbonyl (C=O) groups excluding carboxylic acids is 2. The quantitative estimate of drug-likeness (QED) is 0.391. The van der Waals surface area contributed by atoms with Crippen LogP contribution in [0.4, 0.5) is 0 Å². The zero-order valence-electron chi connectivity index (χ0n) is 18.4. The summed E-state index contributed by atoms with van der Waals surface area (Å²) >= 11 is 0. The Hall–Kier alpha value is -1.96. The number of ketones is 2. The third-order valence-electron chi connectivity index (χ3n) is 6.10. The highest BCUT2D eigenvalue weighted by Crippen LogP contribution is 2.41. The van der Waals surface area contributed by atoms with Crippen molar-refractivity contribution in [1.29, 1.82) is 0 Å². The molecule has 2 rings (SSSR count). The molecule has 0 saturated heterocycles. The van der Waals surface area contributed by atoms with Crippen LogP contribution in [0.3, 0.4) is 0 Å². The van der Waals surface area contributed by atoms with Gasteiger partial charge in [0, 0.05) is 18.3 Å². The van der Waals surface area contributed by atoms with Crippen molar-refractivity contribution in [3.05, 3.63) is 59.7 Å². The van der Waals surface area contributed by atoms with Crippen LogP contribution in [-0.2, 0) is 16.0 Å². The number of hydrogen-bond acceptors (Lipinski definition) is 2. The van der Waals surface area contributed by atoms with Crippen LogP contribution in [0.25, 0.3) is 0 Å². The first kappa shape index (κ1) is 22.3. The molecule has 0 spiro atoms. The summed E-state index contributed by atoms with van der Waals surface area (Å²) in [5, 5.41) is 0. The molecule has 0 heterocycles. The van der Waals surface area contributed by atoms with Crippen LogP contribution in [0.1, 0.15) is 71.4 Å². The predicted molar refractivity (Wildman–Crippen MR) is 117 cm³/mol. The molecule has 0 radical (unpaired) electrons. The van der Waals surface area contributed by atoms with E-state index >= 15 is 0 Å². The second kappa shape index (κ2) is 9.49. The van der Waals surface area contributed by atoms with Crippen molar-refractivity contribution in [3.63, 3.8) is 0 Å². The maximum absolute atomic E-state index is 12.7. The smallest absolute Gasteiger partial charge is 0.159 e. The summed E-state index contributed by atoms with van der Waals surface area (Å²) in [7, 11) is 0. The van der Waals surface area contributed by atoms with Gasteiger partial charge in [-0.1, -0.05) is 84.0 Å². The van der Waals surface area contributed by atoms with Gasteiger partial charge in [0.1, 0.15) is 5.78 Å². The van der Waals surface area contributed by atoms with Crippen LogP contribution in [0, 0.1) is 23.2 Å². The Balaban J connectivity index is 1.90. The Morgan fingerprint density at radius 3 is 2.36 bits per heavy atom. The number of Topliss-reactive ketones (excluding diaryl/α,β-unsaturated/α-hetero) is 1. The van der Waals surface area contributed by atoms with E-state index in [0.717, 1.165) is 12.8 Å². The molecule has 0 bridgehead atoms. The van der Waals surface area contributed by atoms with Crippen LogP contribution >= 0.6 is 0 Å². The molecule has 28 heavy (non-hydrogen) atoms. The molecule has 152 valence electrons. The Morgan fingerprint density at radius 1 is 1.14 bits per heavy atom. The molecule has 1 aliphatic carbocycles. The fraction of sp³-hybridized carbons (Fsp3) is 0.538. The summed E-state index contributed by atoms with van der Waals surface area (Å²) in [5.41, 5.74) is 2.48. The number of carbonyl (C=O) groups is 2. The first-order valence-corrected chi connectivity index (χ1v) is 10.6. The molecule has 2 nitrogen and oxygen atoms in total. The summed E-state index contributed by atoms with van der Waals surface area (Å²) in [4.78, 5) is 25.2. The summed E-state index contributed by atoms with van der Waals surface area (Å²) in [5.74, 6) is 1.03. The summed E-state index contributed by atoms with van der Waals surface area (Å²) in [6, 6.07) is 8.55. The van der Waals surface area contributed by atoms with E-state index in [1.54, 1.807) is 12.2 Å². The van der Waals surface area contributed by atoms with Gasteiger partial charge in [0.2, 0.25) is 0 Å². The van der Waals surface area contributed by atoms with Crippen LogP contribution in [-0.4, -0.2) is 11.6 Å². The summed E-state index contributed by atoms with van der Waals surface area (Å²) < 4.78 is 0. The number of benzene rings is 1. The molecule has 0 aliphatic heterocycles. The first-order valence-electron chi connectivity index (χ1n) is 10.6. The Kier molecular flexibility index (Phi) is 7.57. The first-order chi connectivity index (χ1) is 13.1. The van der Waals surface area contributed by atoms with E-state index in [9.17, 15) is 9.59 Å². The molecule has 1 aliphatic rings. The molecule has 3 unspecified atom stereocenters. The monoisotopic (exact) mass is 380 g/mol. The lowest BCUT2D eigenvalue weighted by molar-refractivity contribution is -0.123. The van der Waals surface area contributed by atoms with Gasteiger partial charge in [-0.25, -0.2) is 0 Å². The zero-order valence-corrected chi connectivity index (χ0v) is 18.4. The van der Waals surface area contributed by atoms with Gasteiger partial charge in [0.25, 0.3) is 0 Å². The SMILES string of the molecule is CC(Cc1ccc(C(C)C)cc1)C(=O)C/C=C/C(=O)C1C(C)C=CCC1(C)C. The third-order valence-corrected chi connectivity index (χ3v) is 6.10. The molecule has 0 aromatic heterocycles. The van der Waals surface area contributed by atoms with Crippen molar-refractivity contribution < 1.29 is 9.59 Å². The van der Waals surface area contributed by atoms with Crippen molar-refractivity contribution in [2.75, 3.05) is 0 Å². The molecule has 1 aromatic rings. The number of allylic oxidation sites excluding steroid dienone is 4.